The van der Waals surface area contributed by atoms with Crippen LogP contribution in [0.4, 0.5) is 4.79 Å². The maximum absolute atomic E-state index is 13.7. The van der Waals surface area contributed by atoms with Gasteiger partial charge >= 0.3 is 22.6 Å². The summed E-state index contributed by atoms with van der Waals surface area (Å²) in [7, 11) is -4.43. The molecule has 1 aliphatic carbocycles. The van der Waals surface area contributed by atoms with E-state index in [1.807, 2.05) is 12.2 Å². The number of halogens is 2. The molecule has 4 rings (SSSR count). The van der Waals surface area contributed by atoms with Gasteiger partial charge in [-0.25, -0.2) is 9.52 Å². The van der Waals surface area contributed by atoms with E-state index in [0.717, 1.165) is 25.4 Å². The largest absolute Gasteiger partial charge is 0.444 e. The number of fused-ring (bicyclic) bond motifs is 2. The number of alkyl carbamates (subject to hydrolysis) is 1. The molecule has 1 aromatic rings. The summed E-state index contributed by atoms with van der Waals surface area (Å²) in [6, 6.07) is -1.78. The van der Waals surface area contributed by atoms with Crippen molar-refractivity contribution < 1.29 is 36.3 Å². The van der Waals surface area contributed by atoms with Gasteiger partial charge in [0, 0.05) is 12.5 Å². The standard InChI is InChI=1S/C27H36BrClN6O7S/c1-26(2,3)42-25(39)31-19-11-8-6-4-5-7-10-17-14-27(17,32-22(36)20-12-9-13-35(20)23(19)37)24(38)33-43(40,41)34-15-18(28)21(29)30-16-34/h7,10,15-17,19-20H,4-6,8-9,11-14H2,1-3H3,(H2-,31,32,33,36,38,39)/p+1/t17-,19+,20+,27-/m1/s1. The molecule has 16 heteroatoms. The van der Waals surface area contributed by atoms with Crippen LogP contribution in [-0.4, -0.2) is 71.9 Å². The summed E-state index contributed by atoms with van der Waals surface area (Å²) in [5.74, 6) is -2.31. The van der Waals surface area contributed by atoms with Gasteiger partial charge in [-0.05, 0) is 91.8 Å². The highest BCUT2D eigenvalue weighted by atomic mass is 79.9. The molecule has 1 aromatic heterocycles. The quantitative estimate of drug-likeness (QED) is 0.244. The molecule has 0 aromatic carbocycles. The van der Waals surface area contributed by atoms with Gasteiger partial charge in [-0.2, -0.15) is 8.42 Å². The molecule has 1 saturated heterocycles. The van der Waals surface area contributed by atoms with Gasteiger partial charge in [-0.1, -0.05) is 25.0 Å². The normalized spacial score (nSPS) is 26.7. The summed E-state index contributed by atoms with van der Waals surface area (Å²) in [4.78, 5) is 58.7. The minimum Gasteiger partial charge on any atom is -0.444 e. The summed E-state index contributed by atoms with van der Waals surface area (Å²) in [6.45, 7) is 5.48. The fraction of sp³-hybridized carbons (Fsp3) is 0.630. The first-order valence-electron chi connectivity index (χ1n) is 14.2. The second kappa shape index (κ2) is 13.1. The first-order valence-corrected chi connectivity index (χ1v) is 16.8. The van der Waals surface area contributed by atoms with E-state index in [4.69, 9.17) is 16.3 Å². The Hall–Kier alpha value is -2.78. The van der Waals surface area contributed by atoms with E-state index >= 15 is 0 Å². The molecule has 3 aliphatic rings. The Morgan fingerprint density at radius 2 is 1.95 bits per heavy atom. The Balaban J connectivity index is 1.57. The van der Waals surface area contributed by atoms with Crippen LogP contribution in [0.3, 0.4) is 0 Å². The van der Waals surface area contributed by atoms with Crippen LogP contribution >= 0.6 is 27.5 Å². The monoisotopic (exact) mass is 703 g/mol. The molecule has 0 unspecified atom stereocenters. The number of rotatable bonds is 4. The van der Waals surface area contributed by atoms with Gasteiger partial charge in [0.15, 0.2) is 0 Å². The smallest absolute Gasteiger partial charge is 0.408 e. The SMILES string of the molecule is CC(C)(C)OC(=O)N[C@H]1CCCCCC=C[C@@H]2C[C@@]2(C(=O)NS(=O)(=O)[n+]2cnc(Cl)c(Br)c2)NC(=O)[C@@H]2CCCN2C1=O. The summed E-state index contributed by atoms with van der Waals surface area (Å²) >= 11 is 8.99. The number of carbonyl (C=O) groups is 4. The third-order valence-corrected chi connectivity index (χ3v) is 9.86. The average molecular weight is 705 g/mol. The Bertz CT molecular complexity index is 1420. The Morgan fingerprint density at radius 1 is 1.21 bits per heavy atom. The fourth-order valence-corrected chi connectivity index (χ4v) is 6.79. The van der Waals surface area contributed by atoms with Crippen molar-refractivity contribution in [3.05, 3.63) is 34.3 Å². The van der Waals surface area contributed by atoms with E-state index in [0.29, 0.717) is 42.6 Å². The number of ether oxygens (including phenoxy) is 1. The highest BCUT2D eigenvalue weighted by Gasteiger charge is 2.61. The van der Waals surface area contributed by atoms with E-state index in [1.54, 1.807) is 20.8 Å². The molecule has 4 amide bonds. The van der Waals surface area contributed by atoms with Crippen molar-refractivity contribution in [2.75, 3.05) is 6.54 Å². The molecule has 3 N–H and O–H groups in total. The van der Waals surface area contributed by atoms with Crippen LogP contribution in [0.15, 0.2) is 29.1 Å². The van der Waals surface area contributed by atoms with Gasteiger partial charge in [-0.15, -0.1) is 3.97 Å². The van der Waals surface area contributed by atoms with E-state index in [-0.39, 0.29) is 16.0 Å². The van der Waals surface area contributed by atoms with E-state index < -0.39 is 63.2 Å². The maximum Gasteiger partial charge on any atom is 0.408 e. The molecular formula is C27H37BrClN6O7S+. The van der Waals surface area contributed by atoms with Gasteiger partial charge in [0.05, 0.1) is 0 Å². The van der Waals surface area contributed by atoms with Gasteiger partial charge in [0.1, 0.15) is 33.9 Å². The lowest BCUT2D eigenvalue weighted by atomic mass is 10.0. The van der Waals surface area contributed by atoms with Crippen LogP contribution in [-0.2, 0) is 29.3 Å². The minimum absolute atomic E-state index is 0.0389. The van der Waals surface area contributed by atoms with Crippen LogP contribution in [0, 0.1) is 5.92 Å². The zero-order valence-electron chi connectivity index (χ0n) is 24.3. The molecule has 0 radical (unpaired) electrons. The minimum atomic E-state index is -4.43. The maximum atomic E-state index is 13.7. The molecular weight excluding hydrogens is 668 g/mol. The number of allylic oxidation sites excluding steroid dienone is 1. The van der Waals surface area contributed by atoms with Crippen molar-refractivity contribution >= 4 is 61.6 Å². The zero-order valence-corrected chi connectivity index (χ0v) is 27.4. The molecule has 0 spiro atoms. The lowest BCUT2D eigenvalue weighted by Gasteiger charge is -2.30. The Morgan fingerprint density at radius 3 is 2.65 bits per heavy atom. The molecule has 43 heavy (non-hydrogen) atoms. The fourth-order valence-electron chi connectivity index (χ4n) is 5.30. The summed E-state index contributed by atoms with van der Waals surface area (Å²) in [6.07, 6.45) is 9.55. The average Bonchev–Trinajstić information content (AvgIpc) is 3.36. The van der Waals surface area contributed by atoms with Crippen molar-refractivity contribution in [2.45, 2.75) is 95.4 Å². The summed E-state index contributed by atoms with van der Waals surface area (Å²) in [5, 5.41) is 5.51. The molecule has 13 nitrogen and oxygen atoms in total. The number of nitrogens with one attached hydrogen (secondary N) is 3. The molecule has 3 heterocycles. The molecule has 4 atom stereocenters. The number of hydrogen-bond donors (Lipinski definition) is 3. The van der Waals surface area contributed by atoms with Gasteiger partial charge in [-0.3, -0.25) is 14.4 Å². The highest BCUT2D eigenvalue weighted by Crippen LogP contribution is 2.45. The second-order valence-corrected chi connectivity index (χ2v) is 14.8. The number of nitrogens with zero attached hydrogens (tertiary/aromatic N) is 3. The predicted octanol–water partition coefficient (Wildman–Crippen LogP) is 2.27. The van der Waals surface area contributed by atoms with Crippen LogP contribution < -0.4 is 19.3 Å². The third-order valence-electron chi connectivity index (χ3n) is 7.55. The van der Waals surface area contributed by atoms with Crippen molar-refractivity contribution in [3.8, 4) is 0 Å². The van der Waals surface area contributed by atoms with Gasteiger partial charge in [0.25, 0.3) is 11.1 Å². The topological polar surface area (TPSA) is 168 Å². The van der Waals surface area contributed by atoms with Crippen LogP contribution in [0.5, 0.6) is 0 Å². The second-order valence-electron chi connectivity index (χ2n) is 12.0. The van der Waals surface area contributed by atoms with Gasteiger partial charge in [0.2, 0.25) is 11.8 Å². The number of hydrogen-bond acceptors (Lipinski definition) is 8. The molecule has 1 saturated carbocycles. The van der Waals surface area contributed by atoms with E-state index in [1.165, 1.54) is 4.90 Å². The predicted molar refractivity (Wildman–Crippen MR) is 159 cm³/mol. The first-order chi connectivity index (χ1) is 20.1. The Kier molecular flexibility index (Phi) is 10.1. The molecule has 2 fully saturated rings. The van der Waals surface area contributed by atoms with Gasteiger partial charge < -0.3 is 20.3 Å². The lowest BCUT2D eigenvalue weighted by Crippen LogP contribution is -2.61. The van der Waals surface area contributed by atoms with Crippen LogP contribution in [0.2, 0.25) is 5.15 Å². The van der Waals surface area contributed by atoms with E-state index in [9.17, 15) is 27.6 Å². The molecule has 236 valence electrons. The van der Waals surface area contributed by atoms with Crippen molar-refractivity contribution in [1.29, 1.82) is 0 Å². The third kappa shape index (κ3) is 8.04. The van der Waals surface area contributed by atoms with Crippen LogP contribution in [0.1, 0.15) is 72.1 Å². The zero-order chi connectivity index (χ0) is 31.6. The number of carbonyl (C=O) groups excluding carboxylic acids is 4. The summed E-state index contributed by atoms with van der Waals surface area (Å²) in [5.41, 5.74) is -2.28. The van der Waals surface area contributed by atoms with Crippen molar-refractivity contribution in [3.63, 3.8) is 0 Å². The number of aromatic nitrogens is 2. The Labute approximate surface area is 264 Å². The lowest BCUT2D eigenvalue weighted by molar-refractivity contribution is -0.516. The van der Waals surface area contributed by atoms with Crippen molar-refractivity contribution in [1.82, 2.24) is 25.2 Å². The first kappa shape index (κ1) is 33.1. The highest BCUT2D eigenvalue weighted by molar-refractivity contribution is 9.10. The number of amides is 4. The summed E-state index contributed by atoms with van der Waals surface area (Å²) < 4.78 is 34.4. The van der Waals surface area contributed by atoms with Crippen molar-refractivity contribution in [2.24, 2.45) is 5.92 Å². The van der Waals surface area contributed by atoms with Crippen LogP contribution in [0.25, 0.3) is 0 Å². The van der Waals surface area contributed by atoms with E-state index in [2.05, 4.69) is 36.3 Å². The molecule has 0 bridgehead atoms. The molecule has 2 aliphatic heterocycles.